The van der Waals surface area contributed by atoms with E-state index in [1.807, 2.05) is 30.3 Å². The predicted molar refractivity (Wildman–Crippen MR) is 55.6 cm³/mol. The van der Waals surface area contributed by atoms with E-state index in [4.69, 9.17) is 7.85 Å². The summed E-state index contributed by atoms with van der Waals surface area (Å²) in [6.07, 6.45) is 3.36. The van der Waals surface area contributed by atoms with Crippen LogP contribution in [0.3, 0.4) is 0 Å². The normalized spacial score (nSPS) is 15.1. The SMILES string of the molecule is [2H]C([2H])(O)/C(C)=C/CCc1ccccc1. The molecule has 0 fully saturated rings. The average Bonchev–Trinajstić information content (AvgIpc) is 2.18. The first-order valence-electron chi connectivity index (χ1n) is 5.43. The summed E-state index contributed by atoms with van der Waals surface area (Å²) in [5.41, 5.74) is 1.60. The Morgan fingerprint density at radius 3 is 2.77 bits per heavy atom. The van der Waals surface area contributed by atoms with E-state index in [9.17, 15) is 0 Å². The number of hydrogen-bond acceptors (Lipinski definition) is 1. The van der Waals surface area contributed by atoms with Crippen LogP contribution in [0.2, 0.25) is 0 Å². The van der Waals surface area contributed by atoms with E-state index in [2.05, 4.69) is 0 Å². The molecule has 0 aromatic heterocycles. The molecule has 1 aromatic carbocycles. The van der Waals surface area contributed by atoms with E-state index in [0.717, 1.165) is 12.8 Å². The molecule has 13 heavy (non-hydrogen) atoms. The van der Waals surface area contributed by atoms with E-state index in [1.54, 1.807) is 13.0 Å². The van der Waals surface area contributed by atoms with Crippen LogP contribution in [-0.4, -0.2) is 11.7 Å². The lowest BCUT2D eigenvalue weighted by molar-refractivity contribution is 0.331. The van der Waals surface area contributed by atoms with E-state index in [0.29, 0.717) is 5.57 Å². The number of aryl methyl sites for hydroxylation is 1. The molecule has 0 aliphatic heterocycles. The van der Waals surface area contributed by atoms with Crippen molar-refractivity contribution in [2.75, 3.05) is 6.56 Å². The van der Waals surface area contributed by atoms with Crippen molar-refractivity contribution in [1.29, 1.82) is 0 Å². The summed E-state index contributed by atoms with van der Waals surface area (Å²) in [7, 11) is 0. The van der Waals surface area contributed by atoms with Gasteiger partial charge in [0.05, 0.1) is 9.30 Å². The van der Waals surface area contributed by atoms with Gasteiger partial charge in [0.15, 0.2) is 0 Å². The van der Waals surface area contributed by atoms with Gasteiger partial charge in [0.1, 0.15) is 0 Å². The molecular formula is C12H16O. The van der Waals surface area contributed by atoms with Crippen molar-refractivity contribution in [2.24, 2.45) is 0 Å². The molecule has 1 rings (SSSR count). The first kappa shape index (κ1) is 7.34. The van der Waals surface area contributed by atoms with Crippen LogP contribution in [0.4, 0.5) is 0 Å². The molecule has 0 amide bonds. The van der Waals surface area contributed by atoms with Gasteiger partial charge >= 0.3 is 0 Å². The third-order valence-electron chi connectivity index (χ3n) is 1.90. The summed E-state index contributed by atoms with van der Waals surface area (Å²) in [5, 5.41) is 9.05. The molecule has 0 heterocycles. The largest absolute Gasteiger partial charge is 0.392 e. The standard InChI is InChI=1S/C12H16O/c1-11(10-13)6-5-9-12-7-3-2-4-8-12/h2-4,6-8,13H,5,9-10H2,1H3/b11-6+/i10D2. The zero-order valence-corrected chi connectivity index (χ0v) is 7.83. The van der Waals surface area contributed by atoms with Gasteiger partial charge in [-0.15, -0.1) is 0 Å². The number of aliphatic hydroxyl groups is 1. The number of benzene rings is 1. The van der Waals surface area contributed by atoms with Gasteiger partial charge in [-0.05, 0) is 25.3 Å². The molecule has 1 heteroatoms. The van der Waals surface area contributed by atoms with Gasteiger partial charge in [0.2, 0.25) is 0 Å². The fraction of sp³-hybridized carbons (Fsp3) is 0.333. The Morgan fingerprint density at radius 1 is 1.46 bits per heavy atom. The lowest BCUT2D eigenvalue weighted by Crippen LogP contribution is -1.86. The monoisotopic (exact) mass is 178 g/mol. The van der Waals surface area contributed by atoms with Gasteiger partial charge in [-0.1, -0.05) is 42.0 Å². The van der Waals surface area contributed by atoms with Crippen molar-refractivity contribution >= 4 is 0 Å². The maximum atomic E-state index is 9.05. The van der Waals surface area contributed by atoms with Gasteiger partial charge < -0.3 is 5.11 Å². The summed E-state index contributed by atoms with van der Waals surface area (Å²) < 4.78 is 14.1. The van der Waals surface area contributed by atoms with Crippen molar-refractivity contribution in [3.05, 3.63) is 47.5 Å². The average molecular weight is 178 g/mol. The van der Waals surface area contributed by atoms with Crippen molar-refractivity contribution in [2.45, 2.75) is 19.8 Å². The van der Waals surface area contributed by atoms with E-state index >= 15 is 0 Å². The van der Waals surface area contributed by atoms with Gasteiger partial charge in [-0.3, -0.25) is 0 Å². The zero-order chi connectivity index (χ0) is 11.3. The highest BCUT2D eigenvalue weighted by Gasteiger charge is 1.89. The van der Waals surface area contributed by atoms with Crippen molar-refractivity contribution in [3.8, 4) is 0 Å². The Hall–Kier alpha value is -1.08. The molecule has 1 aromatic rings. The van der Waals surface area contributed by atoms with E-state index in [-0.39, 0.29) is 0 Å². The predicted octanol–water partition coefficient (Wildman–Crippen LogP) is 2.56. The maximum Gasteiger partial charge on any atom is 0.0639 e. The zero-order valence-electron chi connectivity index (χ0n) is 9.83. The lowest BCUT2D eigenvalue weighted by Gasteiger charge is -1.98. The molecule has 0 aliphatic carbocycles. The summed E-state index contributed by atoms with van der Waals surface area (Å²) in [5.74, 6) is 0. The van der Waals surface area contributed by atoms with Crippen molar-refractivity contribution in [3.63, 3.8) is 0 Å². The second-order valence-corrected chi connectivity index (χ2v) is 3.02. The van der Waals surface area contributed by atoms with Crippen LogP contribution in [0.15, 0.2) is 42.0 Å². The topological polar surface area (TPSA) is 20.2 Å². The molecule has 1 nitrogen and oxygen atoms in total. The quantitative estimate of drug-likeness (QED) is 0.702. The van der Waals surface area contributed by atoms with E-state index in [1.165, 1.54) is 5.56 Å². The Morgan fingerprint density at radius 2 is 2.15 bits per heavy atom. The van der Waals surface area contributed by atoms with Gasteiger partial charge in [-0.25, -0.2) is 0 Å². The summed E-state index contributed by atoms with van der Waals surface area (Å²) in [4.78, 5) is 0. The molecule has 0 radical (unpaired) electrons. The van der Waals surface area contributed by atoms with Crippen LogP contribution < -0.4 is 0 Å². The minimum atomic E-state index is -2.18. The third-order valence-corrected chi connectivity index (χ3v) is 1.90. The fourth-order valence-corrected chi connectivity index (χ4v) is 1.15. The number of allylic oxidation sites excluding steroid dienone is 1. The number of hydrogen-bond donors (Lipinski definition) is 1. The summed E-state index contributed by atoms with van der Waals surface area (Å²) in [6, 6.07) is 10.0. The third kappa shape index (κ3) is 3.90. The minimum absolute atomic E-state index is 0.374. The molecule has 0 saturated carbocycles. The first-order valence-corrected chi connectivity index (χ1v) is 4.43. The fourth-order valence-electron chi connectivity index (χ4n) is 1.15. The highest BCUT2D eigenvalue weighted by atomic mass is 16.3. The maximum absolute atomic E-state index is 9.05. The van der Waals surface area contributed by atoms with Crippen LogP contribution in [0.5, 0.6) is 0 Å². The second kappa shape index (κ2) is 5.55. The first-order chi connectivity index (χ1) is 7.00. The highest BCUT2D eigenvalue weighted by Crippen LogP contribution is 2.04. The Labute approximate surface area is 82.5 Å². The highest BCUT2D eigenvalue weighted by molar-refractivity contribution is 5.15. The molecule has 1 N–H and O–H groups in total. The molecule has 70 valence electrons. The second-order valence-electron chi connectivity index (χ2n) is 3.02. The Kier molecular flexibility index (Phi) is 3.13. The summed E-state index contributed by atoms with van der Waals surface area (Å²) >= 11 is 0. The summed E-state index contributed by atoms with van der Waals surface area (Å²) in [6.45, 7) is -0.582. The van der Waals surface area contributed by atoms with Crippen LogP contribution >= 0.6 is 0 Å². The lowest BCUT2D eigenvalue weighted by atomic mass is 10.1. The van der Waals surface area contributed by atoms with E-state index < -0.39 is 6.56 Å². The minimum Gasteiger partial charge on any atom is -0.392 e. The molecule has 0 unspecified atom stereocenters. The molecule has 0 atom stereocenters. The van der Waals surface area contributed by atoms with Gasteiger partial charge in [-0.2, -0.15) is 0 Å². The smallest absolute Gasteiger partial charge is 0.0639 e. The van der Waals surface area contributed by atoms with Crippen LogP contribution in [0.25, 0.3) is 0 Å². The Balaban J connectivity index is 2.46. The van der Waals surface area contributed by atoms with Crippen LogP contribution in [0, 0.1) is 0 Å². The van der Waals surface area contributed by atoms with Crippen LogP contribution in [-0.2, 0) is 6.42 Å². The van der Waals surface area contributed by atoms with Crippen LogP contribution in [0.1, 0.15) is 21.6 Å². The molecule has 0 aliphatic rings. The molecule has 0 spiro atoms. The Bertz CT molecular complexity index is 325. The van der Waals surface area contributed by atoms with Gasteiger partial charge in [0.25, 0.3) is 0 Å². The number of rotatable bonds is 4. The van der Waals surface area contributed by atoms with Gasteiger partial charge in [0, 0.05) is 0 Å². The molecule has 0 bridgehead atoms. The van der Waals surface area contributed by atoms with Crippen molar-refractivity contribution < 1.29 is 7.85 Å². The van der Waals surface area contributed by atoms with Crippen molar-refractivity contribution in [1.82, 2.24) is 0 Å². The molecule has 0 saturated heterocycles. The molecular weight excluding hydrogens is 160 g/mol.